The second kappa shape index (κ2) is 6.74. The van der Waals surface area contributed by atoms with Crippen molar-refractivity contribution in [2.24, 2.45) is 0 Å². The van der Waals surface area contributed by atoms with Gasteiger partial charge >= 0.3 is 6.18 Å². The number of nitrogen functional groups attached to an aromatic ring is 1. The lowest BCUT2D eigenvalue weighted by Gasteiger charge is -2.12. The Hall–Kier alpha value is -1.57. The topological polar surface area (TPSA) is 72.2 Å². The van der Waals surface area contributed by atoms with E-state index in [0.717, 1.165) is 12.1 Å². The van der Waals surface area contributed by atoms with E-state index >= 15 is 0 Å². The van der Waals surface area contributed by atoms with E-state index in [1.807, 2.05) is 0 Å². The third-order valence-electron chi connectivity index (χ3n) is 2.52. The lowest BCUT2D eigenvalue weighted by Crippen LogP contribution is -2.16. The van der Waals surface area contributed by atoms with Crippen molar-refractivity contribution >= 4 is 28.1 Å². The summed E-state index contributed by atoms with van der Waals surface area (Å²) in [5.74, 6) is 0.140. The second-order valence-electron chi connectivity index (χ2n) is 4.03. The van der Waals surface area contributed by atoms with Crippen LogP contribution in [-0.2, 0) is 21.8 Å². The Bertz CT molecular complexity index is 518. The van der Waals surface area contributed by atoms with Crippen LogP contribution in [0.25, 0.3) is 0 Å². The van der Waals surface area contributed by atoms with Crippen molar-refractivity contribution in [1.29, 1.82) is 0 Å². The van der Waals surface area contributed by atoms with Crippen molar-refractivity contribution in [1.82, 2.24) is 0 Å². The van der Waals surface area contributed by atoms with Crippen molar-refractivity contribution in [3.63, 3.8) is 0 Å². The Kier molecular flexibility index (Phi) is 5.55. The van der Waals surface area contributed by atoms with E-state index in [2.05, 4.69) is 5.32 Å². The summed E-state index contributed by atoms with van der Waals surface area (Å²) in [7, 11) is -1.09. The second-order valence-corrected chi connectivity index (χ2v) is 5.90. The fourth-order valence-corrected chi connectivity index (χ4v) is 2.16. The molecule has 0 saturated carbocycles. The number of carbonyl (C=O) groups excluding carboxylic acids is 1. The summed E-state index contributed by atoms with van der Waals surface area (Å²) in [6.45, 7) is 1.73. The van der Waals surface area contributed by atoms with Gasteiger partial charge in [-0.05, 0) is 18.2 Å². The predicted molar refractivity (Wildman–Crippen MR) is 72.7 cm³/mol. The van der Waals surface area contributed by atoms with E-state index in [0.29, 0.717) is 5.75 Å². The Balaban J connectivity index is 2.74. The smallest absolute Gasteiger partial charge is 0.398 e. The molecule has 0 saturated heterocycles. The van der Waals surface area contributed by atoms with Crippen molar-refractivity contribution < 1.29 is 22.2 Å². The molecule has 1 aromatic rings. The van der Waals surface area contributed by atoms with E-state index < -0.39 is 34.1 Å². The van der Waals surface area contributed by atoms with Gasteiger partial charge in [0.2, 0.25) is 5.91 Å². The molecule has 1 rings (SSSR count). The van der Waals surface area contributed by atoms with Crippen LogP contribution < -0.4 is 11.1 Å². The average molecular weight is 308 g/mol. The number of carbonyl (C=O) groups is 1. The number of anilines is 2. The van der Waals surface area contributed by atoms with Gasteiger partial charge in [-0.1, -0.05) is 6.92 Å². The normalized spacial score (nSPS) is 13.0. The zero-order chi connectivity index (χ0) is 15.3. The van der Waals surface area contributed by atoms with E-state index in [1.165, 1.54) is 6.07 Å². The molecule has 0 bridgehead atoms. The minimum absolute atomic E-state index is 0.00776. The van der Waals surface area contributed by atoms with Gasteiger partial charge in [-0.3, -0.25) is 9.00 Å². The molecule has 0 aromatic heterocycles. The average Bonchev–Trinajstić information content (AvgIpc) is 2.37. The Morgan fingerprint density at radius 2 is 2.05 bits per heavy atom. The van der Waals surface area contributed by atoms with Gasteiger partial charge in [0.05, 0.1) is 5.56 Å². The fourth-order valence-electron chi connectivity index (χ4n) is 1.45. The van der Waals surface area contributed by atoms with Gasteiger partial charge in [0.1, 0.15) is 0 Å². The van der Waals surface area contributed by atoms with E-state index in [1.54, 1.807) is 6.92 Å². The maximum absolute atomic E-state index is 12.6. The predicted octanol–water partition coefficient (Wildman–Crippen LogP) is 2.38. The Morgan fingerprint density at radius 1 is 1.40 bits per heavy atom. The summed E-state index contributed by atoms with van der Waals surface area (Å²) in [6.07, 6.45) is -4.58. The van der Waals surface area contributed by atoms with Crippen LogP contribution in [0, 0.1) is 0 Å². The highest BCUT2D eigenvalue weighted by Crippen LogP contribution is 2.35. The first-order valence-electron chi connectivity index (χ1n) is 5.85. The molecule has 20 heavy (non-hydrogen) atoms. The van der Waals surface area contributed by atoms with Crippen LogP contribution in [0.1, 0.15) is 18.9 Å². The standard InChI is InChI=1S/C12H15F3N2O2S/c1-2-20(19)6-5-11(18)17-8-3-4-10(16)9(7-8)12(13,14)15/h3-4,7H,2,5-6,16H2,1H3,(H,17,18). The Morgan fingerprint density at radius 3 is 2.60 bits per heavy atom. The van der Waals surface area contributed by atoms with Crippen molar-refractivity contribution in [2.75, 3.05) is 22.6 Å². The molecule has 0 spiro atoms. The van der Waals surface area contributed by atoms with Crippen LogP contribution >= 0.6 is 0 Å². The van der Waals surface area contributed by atoms with Crippen molar-refractivity contribution in [2.45, 2.75) is 19.5 Å². The number of hydrogen-bond acceptors (Lipinski definition) is 3. The lowest BCUT2D eigenvalue weighted by atomic mass is 10.1. The number of nitrogens with one attached hydrogen (secondary N) is 1. The van der Waals surface area contributed by atoms with E-state index in [4.69, 9.17) is 5.73 Å². The lowest BCUT2D eigenvalue weighted by molar-refractivity contribution is -0.136. The molecule has 1 aromatic carbocycles. The van der Waals surface area contributed by atoms with Crippen molar-refractivity contribution in [3.05, 3.63) is 23.8 Å². The van der Waals surface area contributed by atoms with Gasteiger partial charge < -0.3 is 11.1 Å². The highest BCUT2D eigenvalue weighted by atomic mass is 32.2. The number of alkyl halides is 3. The molecule has 0 aliphatic carbocycles. The van der Waals surface area contributed by atoms with Gasteiger partial charge in [-0.15, -0.1) is 0 Å². The summed E-state index contributed by atoms with van der Waals surface area (Å²) in [4.78, 5) is 11.5. The third-order valence-corrected chi connectivity index (χ3v) is 3.82. The van der Waals surface area contributed by atoms with Gasteiger partial charge in [0.25, 0.3) is 0 Å². The zero-order valence-corrected chi connectivity index (χ0v) is 11.6. The molecule has 0 aliphatic rings. The summed E-state index contributed by atoms with van der Waals surface area (Å²) >= 11 is 0. The quantitative estimate of drug-likeness (QED) is 0.820. The SMILES string of the molecule is CCS(=O)CCC(=O)Nc1ccc(N)c(C(F)(F)F)c1. The number of amides is 1. The van der Waals surface area contributed by atoms with Crippen LogP contribution in [0.15, 0.2) is 18.2 Å². The number of nitrogens with two attached hydrogens (primary N) is 1. The number of halogens is 3. The molecule has 0 aliphatic heterocycles. The molecule has 4 nitrogen and oxygen atoms in total. The molecule has 1 atom stereocenters. The van der Waals surface area contributed by atoms with E-state index in [-0.39, 0.29) is 17.9 Å². The molecule has 0 fully saturated rings. The summed E-state index contributed by atoms with van der Waals surface area (Å²) in [5.41, 5.74) is 3.87. The largest absolute Gasteiger partial charge is 0.418 e. The molecule has 112 valence electrons. The number of hydrogen-bond donors (Lipinski definition) is 2. The molecule has 0 radical (unpaired) electrons. The van der Waals surface area contributed by atoms with Crippen LogP contribution in [0.3, 0.4) is 0 Å². The van der Waals surface area contributed by atoms with Gasteiger partial charge in [0, 0.05) is 40.1 Å². The summed E-state index contributed by atoms with van der Waals surface area (Å²) in [5, 5.41) is 2.33. The van der Waals surface area contributed by atoms with Gasteiger partial charge in [-0.25, -0.2) is 0 Å². The third kappa shape index (κ3) is 4.84. The monoisotopic (exact) mass is 308 g/mol. The van der Waals surface area contributed by atoms with Crippen LogP contribution in [0.4, 0.5) is 24.5 Å². The molecule has 3 N–H and O–H groups in total. The highest BCUT2D eigenvalue weighted by molar-refractivity contribution is 7.84. The maximum Gasteiger partial charge on any atom is 0.418 e. The first-order chi connectivity index (χ1) is 9.24. The summed E-state index contributed by atoms with van der Waals surface area (Å²) in [6, 6.07) is 3.16. The molecule has 1 unspecified atom stereocenters. The molecule has 0 heterocycles. The first kappa shape index (κ1) is 16.5. The van der Waals surface area contributed by atoms with Gasteiger partial charge in [-0.2, -0.15) is 13.2 Å². The number of rotatable bonds is 5. The van der Waals surface area contributed by atoms with Crippen LogP contribution in [0.5, 0.6) is 0 Å². The van der Waals surface area contributed by atoms with Gasteiger partial charge in [0.15, 0.2) is 0 Å². The van der Waals surface area contributed by atoms with Crippen LogP contribution in [-0.4, -0.2) is 21.6 Å². The van der Waals surface area contributed by atoms with E-state index in [9.17, 15) is 22.2 Å². The fraction of sp³-hybridized carbons (Fsp3) is 0.417. The minimum Gasteiger partial charge on any atom is -0.398 e. The molecule has 8 heteroatoms. The Labute approximate surface area is 117 Å². The molecular weight excluding hydrogens is 293 g/mol. The van der Waals surface area contributed by atoms with Crippen LogP contribution in [0.2, 0.25) is 0 Å². The molecule has 1 amide bonds. The molecular formula is C12H15F3N2O2S. The highest BCUT2D eigenvalue weighted by Gasteiger charge is 2.33. The zero-order valence-electron chi connectivity index (χ0n) is 10.8. The minimum atomic E-state index is -4.57. The van der Waals surface area contributed by atoms with Crippen molar-refractivity contribution in [3.8, 4) is 0 Å². The first-order valence-corrected chi connectivity index (χ1v) is 7.34. The maximum atomic E-state index is 12.6. The summed E-state index contributed by atoms with van der Waals surface area (Å²) < 4.78 is 49.1. The number of benzene rings is 1.